The summed E-state index contributed by atoms with van der Waals surface area (Å²) in [6, 6.07) is 0. The molecule has 0 fully saturated rings. The fourth-order valence-corrected chi connectivity index (χ4v) is 0.341. The van der Waals surface area contributed by atoms with Crippen molar-refractivity contribution in [2.45, 2.75) is 12.1 Å². The second kappa shape index (κ2) is 2.92. The van der Waals surface area contributed by atoms with Crippen molar-refractivity contribution in [3.8, 4) is 0 Å². The maximum absolute atomic E-state index is 11.7. The Kier molecular flexibility index (Phi) is 2.82. The van der Waals surface area contributed by atoms with Gasteiger partial charge in [0, 0.05) is 5.54 Å². The minimum Gasteiger partial charge on any atom is -0.204 e. The van der Waals surface area contributed by atoms with Crippen LogP contribution >= 0.6 is 11.6 Å². The molecule has 0 aliphatic heterocycles. The van der Waals surface area contributed by atoms with Crippen LogP contribution in [-0.2, 0) is 0 Å². The van der Waals surface area contributed by atoms with Gasteiger partial charge in [-0.05, 0) is 0 Å². The van der Waals surface area contributed by atoms with E-state index in [9.17, 15) is 26.3 Å². The molecule has 0 heterocycles. The van der Waals surface area contributed by atoms with Crippen LogP contribution in [0.3, 0.4) is 0 Å². The predicted molar refractivity (Wildman–Crippen MR) is 26.0 cm³/mol. The Morgan fingerprint density at radius 3 is 1.55 bits per heavy atom. The van der Waals surface area contributed by atoms with Crippen molar-refractivity contribution in [1.82, 2.24) is 0 Å². The van der Waals surface area contributed by atoms with Crippen LogP contribution in [0.15, 0.2) is 11.4 Å². The van der Waals surface area contributed by atoms with E-state index in [1.807, 2.05) is 0 Å². The van der Waals surface area contributed by atoms with Crippen molar-refractivity contribution in [2.75, 3.05) is 0 Å². The number of allylic oxidation sites excluding steroid dienone is 1. The van der Waals surface area contributed by atoms with E-state index in [2.05, 4.69) is 11.6 Å². The number of hydrogen-bond acceptors (Lipinski definition) is 0. The molecule has 0 aromatic carbocycles. The summed E-state index contributed by atoms with van der Waals surface area (Å²) >= 11 is 4.33. The van der Waals surface area contributed by atoms with Crippen LogP contribution in [0.1, 0.15) is 0 Å². The van der Waals surface area contributed by atoms with Gasteiger partial charge in [-0.3, -0.25) is 0 Å². The maximum atomic E-state index is 11.7. The molecule has 0 aromatic heterocycles. The third-order valence-electron chi connectivity index (χ3n) is 0.752. The molecule has 0 amide bonds. The van der Waals surface area contributed by atoms with Gasteiger partial charge in [-0.15, -0.1) is 0 Å². The van der Waals surface area contributed by atoms with E-state index in [4.69, 9.17) is 0 Å². The summed E-state index contributed by atoms with van der Waals surface area (Å²) in [5, 5.41) is 0. The Morgan fingerprint density at radius 2 is 1.45 bits per heavy atom. The smallest absolute Gasteiger partial charge is 0.204 e. The minimum atomic E-state index is -5.94. The number of rotatable bonds is 1. The van der Waals surface area contributed by atoms with E-state index in [-0.39, 0.29) is 0 Å². The molecule has 0 spiro atoms. The summed E-state index contributed by atoms with van der Waals surface area (Å²) in [6.45, 7) is 0. The van der Waals surface area contributed by atoms with Gasteiger partial charge < -0.3 is 0 Å². The van der Waals surface area contributed by atoms with Gasteiger partial charge in [-0.2, -0.15) is 22.0 Å². The van der Waals surface area contributed by atoms with Crippen molar-refractivity contribution in [3.63, 3.8) is 0 Å². The average molecular weight is 198 g/mol. The first-order valence-electron chi connectivity index (χ1n) is 2.14. The molecule has 66 valence electrons. The second-order valence-corrected chi connectivity index (χ2v) is 1.75. The molecule has 11 heavy (non-hydrogen) atoms. The van der Waals surface area contributed by atoms with Gasteiger partial charge >= 0.3 is 12.1 Å². The lowest BCUT2D eigenvalue weighted by atomic mass is 10.3. The molecule has 0 aliphatic carbocycles. The monoisotopic (exact) mass is 198 g/mol. The third kappa shape index (κ3) is 2.02. The van der Waals surface area contributed by atoms with Crippen LogP contribution in [0.2, 0.25) is 0 Å². The molecule has 0 aliphatic rings. The molecule has 0 atom stereocenters. The molecule has 0 bridgehead atoms. The van der Waals surface area contributed by atoms with Gasteiger partial charge in [0.1, 0.15) is 0 Å². The SMILES string of the molecule is FC(=CCl)C(F)(F)C(F)(F)F. The summed E-state index contributed by atoms with van der Waals surface area (Å²) in [7, 11) is 0. The Morgan fingerprint density at radius 1 is 1.09 bits per heavy atom. The van der Waals surface area contributed by atoms with Crippen LogP contribution < -0.4 is 0 Å². The number of hydrogen-bond donors (Lipinski definition) is 0. The zero-order chi connectivity index (χ0) is 9.28. The summed E-state index contributed by atoms with van der Waals surface area (Å²) in [5.74, 6) is -8.21. The van der Waals surface area contributed by atoms with Crippen LogP contribution in [0.4, 0.5) is 26.3 Å². The Balaban J connectivity index is 4.74. The summed E-state index contributed by atoms with van der Waals surface area (Å²) in [4.78, 5) is 0. The lowest BCUT2D eigenvalue weighted by molar-refractivity contribution is -0.270. The molecule has 0 aromatic rings. The molecule has 0 nitrogen and oxygen atoms in total. The van der Waals surface area contributed by atoms with Crippen molar-refractivity contribution in [3.05, 3.63) is 11.4 Å². The van der Waals surface area contributed by atoms with Crippen molar-refractivity contribution in [1.29, 1.82) is 0 Å². The molecule has 0 rings (SSSR count). The zero-order valence-corrected chi connectivity index (χ0v) is 5.48. The Hall–Kier alpha value is -0.390. The fraction of sp³-hybridized carbons (Fsp3) is 0.500. The second-order valence-electron chi connectivity index (χ2n) is 1.53. The maximum Gasteiger partial charge on any atom is 0.460 e. The minimum absolute atomic E-state index is 0.451. The van der Waals surface area contributed by atoms with E-state index in [0.717, 1.165) is 0 Å². The van der Waals surface area contributed by atoms with Crippen molar-refractivity contribution in [2.24, 2.45) is 0 Å². The van der Waals surface area contributed by atoms with E-state index < -0.39 is 23.5 Å². The molecule has 0 unspecified atom stereocenters. The summed E-state index contributed by atoms with van der Waals surface area (Å²) in [6.07, 6.45) is -5.94. The first-order valence-corrected chi connectivity index (χ1v) is 2.58. The van der Waals surface area contributed by atoms with Crippen LogP contribution in [0.5, 0.6) is 0 Å². The molecule has 7 heteroatoms. The van der Waals surface area contributed by atoms with Crippen molar-refractivity contribution < 1.29 is 26.3 Å². The van der Waals surface area contributed by atoms with E-state index in [0.29, 0.717) is 0 Å². The number of alkyl halides is 5. The third-order valence-corrected chi connectivity index (χ3v) is 0.943. The van der Waals surface area contributed by atoms with Gasteiger partial charge in [0.15, 0.2) is 5.83 Å². The Bertz CT molecular complexity index is 168. The first-order chi connectivity index (χ1) is 4.73. The highest BCUT2D eigenvalue weighted by molar-refractivity contribution is 6.25. The average Bonchev–Trinajstić information content (AvgIpc) is 1.83. The molecule has 0 N–H and O–H groups in total. The van der Waals surface area contributed by atoms with Gasteiger partial charge in [0.2, 0.25) is 0 Å². The van der Waals surface area contributed by atoms with Crippen LogP contribution in [-0.4, -0.2) is 12.1 Å². The van der Waals surface area contributed by atoms with E-state index in [1.54, 1.807) is 0 Å². The first kappa shape index (κ1) is 10.6. The highest BCUT2D eigenvalue weighted by Crippen LogP contribution is 2.41. The highest BCUT2D eigenvalue weighted by atomic mass is 35.5. The normalized spacial score (nSPS) is 15.4. The number of halogens is 7. The quantitative estimate of drug-likeness (QED) is 0.568. The standard InChI is InChI=1S/C4HClF6/c5-1-2(6)3(7,8)4(9,10)11/h1H. The van der Waals surface area contributed by atoms with Gasteiger partial charge in [-0.1, -0.05) is 11.6 Å². The van der Waals surface area contributed by atoms with E-state index in [1.165, 1.54) is 0 Å². The predicted octanol–water partition coefficient (Wildman–Crippen LogP) is 3.23. The van der Waals surface area contributed by atoms with Gasteiger partial charge in [-0.25, -0.2) is 4.39 Å². The topological polar surface area (TPSA) is 0 Å². The summed E-state index contributed by atoms with van der Waals surface area (Å²) < 4.78 is 68.6. The molecule has 0 saturated heterocycles. The lowest BCUT2D eigenvalue weighted by Gasteiger charge is -2.16. The highest BCUT2D eigenvalue weighted by Gasteiger charge is 2.61. The molecular formula is C4HClF6. The lowest BCUT2D eigenvalue weighted by Crippen LogP contribution is -2.36. The largest absolute Gasteiger partial charge is 0.460 e. The fourth-order valence-electron chi connectivity index (χ4n) is 0.204. The molecule has 0 radical (unpaired) electrons. The molecule has 0 saturated carbocycles. The van der Waals surface area contributed by atoms with Gasteiger partial charge in [0.05, 0.1) is 0 Å². The zero-order valence-electron chi connectivity index (χ0n) is 4.72. The van der Waals surface area contributed by atoms with Crippen LogP contribution in [0.25, 0.3) is 0 Å². The van der Waals surface area contributed by atoms with Crippen molar-refractivity contribution >= 4 is 11.6 Å². The molecular weight excluding hydrogens is 197 g/mol. The van der Waals surface area contributed by atoms with Crippen LogP contribution in [0, 0.1) is 0 Å². The Labute approximate surface area is 62.4 Å². The van der Waals surface area contributed by atoms with E-state index >= 15 is 0 Å². The summed E-state index contributed by atoms with van der Waals surface area (Å²) in [5.41, 5.74) is -0.451. The van der Waals surface area contributed by atoms with Gasteiger partial charge in [0.25, 0.3) is 0 Å².